The lowest BCUT2D eigenvalue weighted by Gasteiger charge is -2.44. The Bertz CT molecular complexity index is 2440. The molecule has 64 heavy (non-hydrogen) atoms. The summed E-state index contributed by atoms with van der Waals surface area (Å²) in [4.78, 5) is 11.7. The van der Waals surface area contributed by atoms with Gasteiger partial charge in [-0.3, -0.25) is 0 Å². The van der Waals surface area contributed by atoms with Crippen molar-refractivity contribution in [2.24, 2.45) is 0 Å². The van der Waals surface area contributed by atoms with E-state index in [9.17, 15) is 57.5 Å². The number of carbonyl (C=O) groups is 1. The second-order valence-electron chi connectivity index (χ2n) is 13.5. The second-order valence-corrected chi connectivity index (χ2v) is 13.5. The quantitative estimate of drug-likeness (QED) is 0.0384. The van der Waals surface area contributed by atoms with Crippen LogP contribution in [0.4, 0.5) is 87.8 Å². The molecule has 1 heterocycles. The van der Waals surface area contributed by atoms with E-state index in [1.807, 2.05) is 49.0 Å². The maximum absolute atomic E-state index is 15.4. The summed E-state index contributed by atoms with van der Waals surface area (Å²) in [6.07, 6.45) is -3.52. The highest BCUT2D eigenvalue weighted by Crippen LogP contribution is 2.30. The summed E-state index contributed by atoms with van der Waals surface area (Å²) in [7, 11) is 0. The number of hydrogen-bond donors (Lipinski definition) is 0. The van der Waals surface area contributed by atoms with Gasteiger partial charge in [0.1, 0.15) is 52.7 Å². The zero-order valence-electron chi connectivity index (χ0n) is 31.4. The van der Waals surface area contributed by atoms with Crippen molar-refractivity contribution >= 4 is 34.0 Å². The molecule has 1 aromatic heterocycles. The molecule has 5 aromatic carbocycles. The third kappa shape index (κ3) is 7.97. The molecule has 338 valence electrons. The molecular formula is C40H18BF20NO2. The number of halogens is 20. The van der Waals surface area contributed by atoms with Gasteiger partial charge in [-0.2, -0.15) is 0 Å². The van der Waals surface area contributed by atoms with E-state index in [4.69, 9.17) is 4.74 Å². The largest absolute Gasteiger partial charge is 0.459 e. The summed E-state index contributed by atoms with van der Waals surface area (Å²) < 4.78 is 301. The van der Waals surface area contributed by atoms with Crippen LogP contribution in [0, 0.1) is 116 Å². The van der Waals surface area contributed by atoms with Crippen LogP contribution in [0.2, 0.25) is 0 Å². The first-order valence-corrected chi connectivity index (χ1v) is 17.3. The molecule has 0 N–H and O–H groups in total. The first-order chi connectivity index (χ1) is 29.8. The van der Waals surface area contributed by atoms with Gasteiger partial charge >= 0.3 is 5.97 Å². The summed E-state index contributed by atoms with van der Waals surface area (Å²) in [5.41, 5.74) is -12.5. The van der Waals surface area contributed by atoms with Crippen LogP contribution in [0.5, 0.6) is 0 Å². The Labute approximate surface area is 344 Å². The highest BCUT2D eigenvalue weighted by atomic mass is 19.2. The fraction of sp³-hybridized carbons (Fsp3) is 0.100. The van der Waals surface area contributed by atoms with Crippen LogP contribution in [-0.2, 0) is 11.3 Å². The van der Waals surface area contributed by atoms with Gasteiger partial charge in [0, 0.05) is 17.7 Å². The fourth-order valence-corrected chi connectivity index (χ4v) is 6.65. The van der Waals surface area contributed by atoms with Crippen molar-refractivity contribution in [3.05, 3.63) is 182 Å². The molecule has 0 aliphatic rings. The minimum absolute atomic E-state index is 0.0934. The van der Waals surface area contributed by atoms with Gasteiger partial charge in [-0.25, -0.2) is 97.2 Å². The number of rotatable bonds is 8. The lowest BCUT2D eigenvalue weighted by molar-refractivity contribution is -0.688. The maximum Gasteiger partial charge on any atom is 0.338 e. The zero-order chi connectivity index (χ0) is 48.0. The topological polar surface area (TPSA) is 30.2 Å². The molecule has 0 radical (unpaired) electrons. The number of carbonyl (C=O) groups excluding carboxylic acids is 1. The Balaban J connectivity index is 0.000000337. The summed E-state index contributed by atoms with van der Waals surface area (Å²) in [6.45, 7) is 4.48. The Morgan fingerprint density at radius 2 is 0.672 bits per heavy atom. The molecule has 0 unspecified atom stereocenters. The predicted molar refractivity (Wildman–Crippen MR) is 182 cm³/mol. The van der Waals surface area contributed by atoms with Crippen LogP contribution in [0.3, 0.4) is 0 Å². The van der Waals surface area contributed by atoms with Crippen LogP contribution < -0.4 is 26.4 Å². The molecule has 0 spiro atoms. The van der Waals surface area contributed by atoms with Crippen molar-refractivity contribution < 1.29 is 102 Å². The van der Waals surface area contributed by atoms with Crippen molar-refractivity contribution in [2.75, 3.05) is 0 Å². The molecular weight excluding hydrogens is 917 g/mol. The van der Waals surface area contributed by atoms with Gasteiger partial charge in [0.05, 0.1) is 11.7 Å². The van der Waals surface area contributed by atoms with Crippen molar-refractivity contribution in [3.63, 3.8) is 0 Å². The van der Waals surface area contributed by atoms with E-state index in [-0.39, 0.29) is 12.1 Å². The van der Waals surface area contributed by atoms with Crippen LogP contribution in [-0.4, -0.2) is 18.2 Å². The van der Waals surface area contributed by atoms with Gasteiger partial charge < -0.3 is 4.74 Å². The standard InChI is InChI=1S/C24BF20.C16H18NO2/c26-5-1(6(27)14(35)21(42)13(5)34)25(2-7(28)15(36)22(43)16(37)8(2)29,3-9(30)17(38)23(44)18(39)10(3)31)4-11(32)19(40)24(45)20(41)12(4)33;1-13(2)19-16(18)15-8-10-17(11-9-15)12-14-6-4-3-5-7-14/h;3-11,13H,12H2,1-2H3/q-1;+1. The Morgan fingerprint density at radius 1 is 0.422 bits per heavy atom. The molecule has 0 amide bonds. The van der Waals surface area contributed by atoms with Crippen molar-refractivity contribution in [1.82, 2.24) is 0 Å². The number of pyridine rings is 1. The Morgan fingerprint density at radius 3 is 0.922 bits per heavy atom. The number of aromatic nitrogens is 1. The number of ether oxygens (including phenoxy) is 1. The molecule has 0 saturated heterocycles. The average molecular weight is 935 g/mol. The van der Waals surface area contributed by atoms with E-state index in [1.54, 1.807) is 12.1 Å². The van der Waals surface area contributed by atoms with Gasteiger partial charge in [0.25, 0.3) is 0 Å². The molecule has 0 bridgehead atoms. The van der Waals surface area contributed by atoms with E-state index >= 15 is 35.1 Å². The molecule has 0 aliphatic heterocycles. The van der Waals surface area contributed by atoms with E-state index in [1.165, 1.54) is 5.56 Å². The summed E-state index contributed by atoms with van der Waals surface area (Å²) in [6, 6.07) is 13.8. The summed E-state index contributed by atoms with van der Waals surface area (Å²) in [5, 5.41) is 0. The Hall–Kier alpha value is -6.62. The monoisotopic (exact) mass is 935 g/mol. The number of nitrogens with zero attached hydrogens (tertiary/aromatic N) is 1. The van der Waals surface area contributed by atoms with Crippen LogP contribution in [0.1, 0.15) is 29.8 Å². The zero-order valence-corrected chi connectivity index (χ0v) is 31.4. The number of benzene rings is 5. The van der Waals surface area contributed by atoms with Crippen molar-refractivity contribution in [3.8, 4) is 0 Å². The molecule has 6 aromatic rings. The summed E-state index contributed by atoms with van der Waals surface area (Å²) in [5.74, 6) is -71.7. The first-order valence-electron chi connectivity index (χ1n) is 17.3. The highest BCUT2D eigenvalue weighted by Gasteiger charge is 2.52. The predicted octanol–water partition coefficient (Wildman–Crippen LogP) is 8.43. The highest BCUT2D eigenvalue weighted by molar-refractivity contribution is 7.20. The van der Waals surface area contributed by atoms with E-state index in [2.05, 4.69) is 12.1 Å². The minimum Gasteiger partial charge on any atom is -0.459 e. The lowest BCUT2D eigenvalue weighted by Crippen LogP contribution is -2.81. The second kappa shape index (κ2) is 18.2. The minimum atomic E-state index is -7.22. The van der Waals surface area contributed by atoms with Crippen LogP contribution >= 0.6 is 0 Å². The van der Waals surface area contributed by atoms with Crippen molar-refractivity contribution in [1.29, 1.82) is 0 Å². The molecule has 6 rings (SSSR count). The summed E-state index contributed by atoms with van der Waals surface area (Å²) >= 11 is 0. The lowest BCUT2D eigenvalue weighted by atomic mass is 9.12. The molecule has 3 nitrogen and oxygen atoms in total. The molecule has 0 aliphatic carbocycles. The van der Waals surface area contributed by atoms with Gasteiger partial charge in [-0.05, 0) is 13.8 Å². The van der Waals surface area contributed by atoms with E-state index in [0.29, 0.717) is 5.56 Å². The number of hydrogen-bond acceptors (Lipinski definition) is 2. The third-order valence-corrected chi connectivity index (χ3v) is 9.38. The SMILES string of the molecule is CC(C)OC(=O)c1cc[n+](Cc2ccccc2)cc1.Fc1c(F)c(F)c([B-](c2c(F)c(F)c(F)c(F)c2F)(c2c(F)c(F)c(F)c(F)c2F)c2c(F)c(F)c(F)c(F)c2F)c(F)c1F. The van der Waals surface area contributed by atoms with Gasteiger partial charge in [0.2, 0.25) is 0 Å². The van der Waals surface area contributed by atoms with Crippen LogP contribution in [0.25, 0.3) is 0 Å². The third-order valence-electron chi connectivity index (χ3n) is 9.38. The number of esters is 1. The molecule has 0 fully saturated rings. The first kappa shape index (κ1) is 48.4. The average Bonchev–Trinajstić information content (AvgIpc) is 3.26. The molecule has 24 heteroatoms. The fourth-order valence-electron chi connectivity index (χ4n) is 6.65. The Kier molecular flexibility index (Phi) is 13.8. The normalized spacial score (nSPS) is 11.5. The van der Waals surface area contributed by atoms with E-state index < -0.39 is 144 Å². The van der Waals surface area contributed by atoms with Gasteiger partial charge in [-0.1, -0.05) is 30.3 Å². The van der Waals surface area contributed by atoms with Crippen molar-refractivity contribution in [2.45, 2.75) is 26.5 Å². The molecule has 0 saturated carbocycles. The maximum atomic E-state index is 15.4. The van der Waals surface area contributed by atoms with E-state index in [0.717, 1.165) is 6.54 Å². The van der Waals surface area contributed by atoms with Gasteiger partial charge in [-0.15, -0.1) is 21.9 Å². The van der Waals surface area contributed by atoms with Crippen LogP contribution in [0.15, 0.2) is 54.9 Å². The molecule has 0 atom stereocenters. The van der Waals surface area contributed by atoms with Gasteiger partial charge in [0.15, 0.2) is 88.7 Å². The smallest absolute Gasteiger partial charge is 0.338 e.